The van der Waals surface area contributed by atoms with Crippen LogP contribution in [0.3, 0.4) is 0 Å². The Morgan fingerprint density at radius 2 is 1.90 bits per heavy atom. The molecule has 1 aromatic rings. The maximum Gasteiger partial charge on any atom is 0.323 e. The topological polar surface area (TPSA) is 57.6 Å². The van der Waals surface area contributed by atoms with E-state index in [2.05, 4.69) is 0 Å². The van der Waals surface area contributed by atoms with Gasteiger partial charge >= 0.3 is 5.97 Å². The molecule has 1 N–H and O–H groups in total. The lowest BCUT2D eigenvalue weighted by atomic mass is 10.2. The van der Waals surface area contributed by atoms with E-state index >= 15 is 0 Å². The first-order valence-corrected chi connectivity index (χ1v) is 7.35. The smallest absolute Gasteiger partial charge is 0.323 e. The Hall–Kier alpha value is -1.52. The molecule has 0 heterocycles. The van der Waals surface area contributed by atoms with Crippen molar-refractivity contribution in [1.29, 1.82) is 0 Å². The highest BCUT2D eigenvalue weighted by atomic mass is 35.5. The number of carboxylic acid groups (broad SMARTS) is 1. The van der Waals surface area contributed by atoms with E-state index in [9.17, 15) is 9.59 Å². The summed E-state index contributed by atoms with van der Waals surface area (Å²) in [6.07, 6.45) is 4.93. The van der Waals surface area contributed by atoms with E-state index in [0.29, 0.717) is 28.1 Å². The predicted molar refractivity (Wildman–Crippen MR) is 82.4 cm³/mol. The van der Waals surface area contributed by atoms with Crippen LogP contribution in [0.25, 0.3) is 6.08 Å². The highest BCUT2D eigenvalue weighted by Crippen LogP contribution is 2.30. The summed E-state index contributed by atoms with van der Waals surface area (Å²) in [5.41, 5.74) is 0.552. The molecule has 1 amide bonds. The van der Waals surface area contributed by atoms with Gasteiger partial charge in [0, 0.05) is 28.2 Å². The first-order chi connectivity index (χ1) is 9.97. The molecule has 0 aliphatic heterocycles. The van der Waals surface area contributed by atoms with E-state index in [0.717, 1.165) is 12.8 Å². The first-order valence-electron chi connectivity index (χ1n) is 6.60. The van der Waals surface area contributed by atoms with Crippen molar-refractivity contribution in [2.45, 2.75) is 12.8 Å². The summed E-state index contributed by atoms with van der Waals surface area (Å²) in [6.45, 7) is 0.182. The van der Waals surface area contributed by atoms with Crippen LogP contribution in [0.4, 0.5) is 0 Å². The van der Waals surface area contributed by atoms with Crippen molar-refractivity contribution in [2.24, 2.45) is 5.92 Å². The van der Waals surface area contributed by atoms with Crippen molar-refractivity contribution >= 4 is 41.2 Å². The van der Waals surface area contributed by atoms with Crippen LogP contribution in [0.2, 0.25) is 10.0 Å². The molecule has 1 aliphatic carbocycles. The molecule has 4 nitrogen and oxygen atoms in total. The molecule has 6 heteroatoms. The molecule has 0 radical (unpaired) electrons. The fraction of sp³-hybridized carbons (Fsp3) is 0.333. The molecule has 1 aliphatic rings. The number of carbonyl (C=O) groups is 2. The molecule has 2 rings (SSSR count). The molecular formula is C15H15Cl2NO3. The first kappa shape index (κ1) is 15.9. The Labute approximate surface area is 133 Å². The second-order valence-electron chi connectivity index (χ2n) is 5.02. The molecule has 0 spiro atoms. The summed E-state index contributed by atoms with van der Waals surface area (Å²) in [6, 6.07) is 5.07. The van der Waals surface area contributed by atoms with Crippen molar-refractivity contribution < 1.29 is 14.7 Å². The Morgan fingerprint density at radius 1 is 1.29 bits per heavy atom. The molecule has 21 heavy (non-hydrogen) atoms. The van der Waals surface area contributed by atoms with Crippen LogP contribution in [0.5, 0.6) is 0 Å². The molecule has 0 atom stereocenters. The van der Waals surface area contributed by atoms with Gasteiger partial charge in [0.1, 0.15) is 6.54 Å². The third-order valence-corrected chi connectivity index (χ3v) is 3.86. The number of aliphatic carboxylic acids is 1. The second kappa shape index (κ2) is 6.96. The van der Waals surface area contributed by atoms with Gasteiger partial charge in [-0.05, 0) is 37.0 Å². The van der Waals surface area contributed by atoms with Crippen molar-refractivity contribution in [3.63, 3.8) is 0 Å². The number of hydrogen-bond acceptors (Lipinski definition) is 2. The van der Waals surface area contributed by atoms with Gasteiger partial charge in [-0.15, -0.1) is 0 Å². The zero-order valence-electron chi connectivity index (χ0n) is 11.3. The van der Waals surface area contributed by atoms with Crippen molar-refractivity contribution in [2.75, 3.05) is 13.1 Å². The minimum Gasteiger partial charge on any atom is -0.480 e. The van der Waals surface area contributed by atoms with Gasteiger partial charge in [-0.3, -0.25) is 9.59 Å². The minimum atomic E-state index is -1.02. The summed E-state index contributed by atoms with van der Waals surface area (Å²) in [5.74, 6) is -0.945. The van der Waals surface area contributed by atoms with Gasteiger partial charge in [0.05, 0.1) is 0 Å². The average Bonchev–Trinajstić information content (AvgIpc) is 3.20. The molecule has 1 fully saturated rings. The normalized spacial score (nSPS) is 14.4. The van der Waals surface area contributed by atoms with Crippen molar-refractivity contribution in [3.05, 3.63) is 39.9 Å². The molecule has 0 aromatic heterocycles. The third-order valence-electron chi connectivity index (χ3n) is 3.21. The van der Waals surface area contributed by atoms with Gasteiger partial charge in [0.25, 0.3) is 0 Å². The molecule has 0 bridgehead atoms. The number of carboxylic acids is 1. The highest BCUT2D eigenvalue weighted by Gasteiger charge is 2.27. The Bertz CT molecular complexity index is 562. The minimum absolute atomic E-state index is 0.296. The number of hydrogen-bond donors (Lipinski definition) is 1. The van der Waals surface area contributed by atoms with Gasteiger partial charge in [0.15, 0.2) is 0 Å². The number of nitrogens with zero attached hydrogens (tertiary/aromatic N) is 1. The van der Waals surface area contributed by atoms with Crippen LogP contribution in [0.15, 0.2) is 24.3 Å². The molecule has 1 saturated carbocycles. The van der Waals surface area contributed by atoms with E-state index in [1.165, 1.54) is 17.1 Å². The summed E-state index contributed by atoms with van der Waals surface area (Å²) in [7, 11) is 0. The summed E-state index contributed by atoms with van der Waals surface area (Å²) < 4.78 is 0. The van der Waals surface area contributed by atoms with E-state index < -0.39 is 5.97 Å². The summed E-state index contributed by atoms with van der Waals surface area (Å²) >= 11 is 12.0. The van der Waals surface area contributed by atoms with E-state index in [1.807, 2.05) is 0 Å². The molecule has 112 valence electrons. The maximum atomic E-state index is 12.1. The van der Waals surface area contributed by atoms with Gasteiger partial charge in [0.2, 0.25) is 5.91 Å². The van der Waals surface area contributed by atoms with Gasteiger partial charge in [-0.25, -0.2) is 0 Å². The van der Waals surface area contributed by atoms with E-state index in [4.69, 9.17) is 28.3 Å². The molecular weight excluding hydrogens is 313 g/mol. The van der Waals surface area contributed by atoms with Gasteiger partial charge in [-0.2, -0.15) is 0 Å². The number of carbonyl (C=O) groups excluding carboxylic acids is 1. The Morgan fingerprint density at radius 3 is 2.43 bits per heavy atom. The molecule has 0 saturated heterocycles. The monoisotopic (exact) mass is 327 g/mol. The van der Waals surface area contributed by atoms with E-state index in [-0.39, 0.29) is 12.5 Å². The van der Waals surface area contributed by atoms with Crippen LogP contribution < -0.4 is 0 Å². The quantitative estimate of drug-likeness (QED) is 0.815. The lowest BCUT2D eigenvalue weighted by Crippen LogP contribution is -2.36. The van der Waals surface area contributed by atoms with Crippen LogP contribution in [0, 0.1) is 5.92 Å². The maximum absolute atomic E-state index is 12.1. The molecule has 1 aromatic carbocycles. The fourth-order valence-corrected chi connectivity index (χ4v) is 2.46. The number of rotatable bonds is 6. The standard InChI is InChI=1S/C15H15Cl2NO3/c16-12-2-1-3-13(17)11(12)6-7-14(19)18(9-15(20)21)8-10-4-5-10/h1-3,6-7,10H,4-5,8-9H2,(H,20,21)/b7-6+. The van der Waals surface area contributed by atoms with Crippen molar-refractivity contribution in [1.82, 2.24) is 4.90 Å². The third kappa shape index (κ3) is 4.76. The summed E-state index contributed by atoms with van der Waals surface area (Å²) in [4.78, 5) is 24.3. The molecule has 0 unspecified atom stereocenters. The van der Waals surface area contributed by atoms with Crippen molar-refractivity contribution in [3.8, 4) is 0 Å². The van der Waals surface area contributed by atoms with Gasteiger partial charge in [-0.1, -0.05) is 29.3 Å². The number of amides is 1. The highest BCUT2D eigenvalue weighted by molar-refractivity contribution is 6.37. The fourth-order valence-electron chi connectivity index (χ4n) is 1.94. The lowest BCUT2D eigenvalue weighted by Gasteiger charge is -2.18. The number of halogens is 2. The lowest BCUT2D eigenvalue weighted by molar-refractivity contribution is -0.142. The zero-order chi connectivity index (χ0) is 15.4. The predicted octanol–water partition coefficient (Wildman–Crippen LogP) is 3.33. The Balaban J connectivity index is 2.09. The number of benzene rings is 1. The van der Waals surface area contributed by atoms with Gasteiger partial charge < -0.3 is 10.0 Å². The average molecular weight is 328 g/mol. The second-order valence-corrected chi connectivity index (χ2v) is 5.84. The largest absolute Gasteiger partial charge is 0.480 e. The van der Waals surface area contributed by atoms with E-state index in [1.54, 1.807) is 18.2 Å². The van der Waals surface area contributed by atoms with Crippen LogP contribution >= 0.6 is 23.2 Å². The van der Waals surface area contributed by atoms with Crippen LogP contribution in [0.1, 0.15) is 18.4 Å². The zero-order valence-corrected chi connectivity index (χ0v) is 12.8. The van der Waals surface area contributed by atoms with Crippen LogP contribution in [-0.2, 0) is 9.59 Å². The summed E-state index contributed by atoms with van der Waals surface area (Å²) in [5, 5.41) is 9.77. The Kier molecular flexibility index (Phi) is 5.26. The van der Waals surface area contributed by atoms with Crippen LogP contribution in [-0.4, -0.2) is 35.0 Å². The SMILES string of the molecule is O=C(O)CN(CC1CC1)C(=O)/C=C/c1c(Cl)cccc1Cl.